The van der Waals surface area contributed by atoms with E-state index < -0.39 is 10.1 Å². The van der Waals surface area contributed by atoms with Gasteiger partial charge in [0.05, 0.1) is 20.0 Å². The first kappa shape index (κ1) is 14.1. The lowest BCUT2D eigenvalue weighted by Crippen LogP contribution is -2.04. The van der Waals surface area contributed by atoms with E-state index in [0.29, 0.717) is 6.42 Å². The third-order valence-electron chi connectivity index (χ3n) is 3.26. The minimum Gasteiger partial charge on any atom is -0.497 e. The molecule has 0 bridgehead atoms. The average molecular weight is 282 g/mol. The van der Waals surface area contributed by atoms with Crippen LogP contribution in [0.4, 0.5) is 0 Å². The Labute approximate surface area is 114 Å². The molecule has 0 saturated heterocycles. The van der Waals surface area contributed by atoms with Crippen molar-refractivity contribution in [1.82, 2.24) is 0 Å². The molecule has 1 aromatic carbocycles. The van der Waals surface area contributed by atoms with Crippen LogP contribution in [-0.4, -0.2) is 28.4 Å². The van der Waals surface area contributed by atoms with E-state index >= 15 is 0 Å². The van der Waals surface area contributed by atoms with Crippen LogP contribution >= 0.6 is 0 Å². The van der Waals surface area contributed by atoms with Crippen LogP contribution in [0.15, 0.2) is 23.8 Å². The first-order valence-electron chi connectivity index (χ1n) is 6.11. The number of hydrogen-bond donors (Lipinski definition) is 0. The van der Waals surface area contributed by atoms with Gasteiger partial charge in [-0.15, -0.1) is 0 Å². The predicted molar refractivity (Wildman–Crippen MR) is 74.7 cm³/mol. The Morgan fingerprint density at radius 1 is 1.32 bits per heavy atom. The second-order valence-electron chi connectivity index (χ2n) is 4.73. The van der Waals surface area contributed by atoms with Gasteiger partial charge in [-0.3, -0.25) is 4.18 Å². The highest BCUT2D eigenvalue weighted by Gasteiger charge is 2.19. The number of methoxy groups -OCH3 is 1. The van der Waals surface area contributed by atoms with Gasteiger partial charge in [0.1, 0.15) is 5.75 Å². The standard InChI is InChI=1S/C14H18O4S/c1-10-8-11-4-5-12(17-2)9-14(11)13(10)6-7-18-19(3,15)16/h4-5,9H,6-8H2,1-3H3. The van der Waals surface area contributed by atoms with Gasteiger partial charge in [-0.05, 0) is 48.6 Å². The molecular weight excluding hydrogens is 264 g/mol. The van der Waals surface area contributed by atoms with E-state index in [-0.39, 0.29) is 6.61 Å². The van der Waals surface area contributed by atoms with Crippen molar-refractivity contribution in [2.45, 2.75) is 19.8 Å². The number of allylic oxidation sites excluding steroid dienone is 1. The van der Waals surface area contributed by atoms with E-state index in [4.69, 9.17) is 8.92 Å². The van der Waals surface area contributed by atoms with Gasteiger partial charge < -0.3 is 4.74 Å². The molecular formula is C14H18O4S. The molecule has 104 valence electrons. The summed E-state index contributed by atoms with van der Waals surface area (Å²) in [5.41, 5.74) is 4.83. The molecule has 1 aliphatic rings. The zero-order chi connectivity index (χ0) is 14.0. The maximum absolute atomic E-state index is 11.0. The van der Waals surface area contributed by atoms with Crippen molar-refractivity contribution in [3.8, 4) is 5.75 Å². The van der Waals surface area contributed by atoms with Crippen LogP contribution in [0.3, 0.4) is 0 Å². The van der Waals surface area contributed by atoms with Crippen molar-refractivity contribution < 1.29 is 17.3 Å². The second-order valence-corrected chi connectivity index (χ2v) is 6.38. The summed E-state index contributed by atoms with van der Waals surface area (Å²) in [6, 6.07) is 6.01. The molecule has 0 spiro atoms. The lowest BCUT2D eigenvalue weighted by atomic mass is 10.0. The summed E-state index contributed by atoms with van der Waals surface area (Å²) in [6.45, 7) is 2.25. The highest BCUT2D eigenvalue weighted by Crippen LogP contribution is 2.36. The first-order valence-corrected chi connectivity index (χ1v) is 7.92. The number of benzene rings is 1. The molecule has 5 heteroatoms. The van der Waals surface area contributed by atoms with Crippen molar-refractivity contribution in [1.29, 1.82) is 0 Å². The summed E-state index contributed by atoms with van der Waals surface area (Å²) >= 11 is 0. The van der Waals surface area contributed by atoms with Gasteiger partial charge in [0, 0.05) is 0 Å². The molecule has 4 nitrogen and oxygen atoms in total. The molecule has 0 aromatic heterocycles. The van der Waals surface area contributed by atoms with Crippen molar-refractivity contribution in [2.75, 3.05) is 20.0 Å². The fourth-order valence-corrected chi connectivity index (χ4v) is 2.77. The Morgan fingerprint density at radius 3 is 2.68 bits per heavy atom. The van der Waals surface area contributed by atoms with E-state index in [9.17, 15) is 8.42 Å². The third kappa shape index (κ3) is 3.36. The Morgan fingerprint density at radius 2 is 2.05 bits per heavy atom. The van der Waals surface area contributed by atoms with Crippen molar-refractivity contribution in [2.24, 2.45) is 0 Å². The number of rotatable bonds is 5. The predicted octanol–water partition coefficient (Wildman–Crippen LogP) is 2.39. The summed E-state index contributed by atoms with van der Waals surface area (Å²) in [4.78, 5) is 0. The molecule has 1 aromatic rings. The number of ether oxygens (including phenoxy) is 1. The normalized spacial score (nSPS) is 14.7. The number of fused-ring (bicyclic) bond motifs is 1. The maximum Gasteiger partial charge on any atom is 0.264 e. The summed E-state index contributed by atoms with van der Waals surface area (Å²) in [5, 5.41) is 0. The zero-order valence-electron chi connectivity index (χ0n) is 11.4. The minimum atomic E-state index is -3.37. The fourth-order valence-electron chi connectivity index (χ4n) is 2.38. The molecule has 0 fully saturated rings. The summed E-state index contributed by atoms with van der Waals surface area (Å²) < 4.78 is 32.0. The van der Waals surface area contributed by atoms with Gasteiger partial charge in [0.25, 0.3) is 10.1 Å². The lowest BCUT2D eigenvalue weighted by Gasteiger charge is -2.08. The largest absolute Gasteiger partial charge is 0.497 e. The van der Waals surface area contributed by atoms with Crippen LogP contribution in [0, 0.1) is 0 Å². The van der Waals surface area contributed by atoms with Crippen LogP contribution in [0.2, 0.25) is 0 Å². The van der Waals surface area contributed by atoms with Crippen LogP contribution < -0.4 is 4.74 Å². The second kappa shape index (κ2) is 5.35. The van der Waals surface area contributed by atoms with Gasteiger partial charge in [-0.2, -0.15) is 8.42 Å². The smallest absolute Gasteiger partial charge is 0.264 e. The molecule has 19 heavy (non-hydrogen) atoms. The van der Waals surface area contributed by atoms with Crippen molar-refractivity contribution in [3.63, 3.8) is 0 Å². The third-order valence-corrected chi connectivity index (χ3v) is 3.86. The average Bonchev–Trinajstić information content (AvgIpc) is 2.63. The van der Waals surface area contributed by atoms with Crippen molar-refractivity contribution in [3.05, 3.63) is 34.9 Å². The Bertz CT molecular complexity index is 614. The minimum absolute atomic E-state index is 0.183. The molecule has 0 atom stereocenters. The summed E-state index contributed by atoms with van der Waals surface area (Å²) in [5.74, 6) is 0.815. The van der Waals surface area contributed by atoms with Gasteiger partial charge in [0.15, 0.2) is 0 Å². The van der Waals surface area contributed by atoms with E-state index in [1.54, 1.807) is 7.11 Å². The highest BCUT2D eigenvalue weighted by atomic mass is 32.2. The van der Waals surface area contributed by atoms with Crippen LogP contribution in [0.25, 0.3) is 5.57 Å². The molecule has 0 heterocycles. The highest BCUT2D eigenvalue weighted by molar-refractivity contribution is 7.85. The topological polar surface area (TPSA) is 52.6 Å². The monoisotopic (exact) mass is 282 g/mol. The number of hydrogen-bond acceptors (Lipinski definition) is 4. The molecule has 0 aliphatic heterocycles. The first-order chi connectivity index (χ1) is 8.90. The van der Waals surface area contributed by atoms with Gasteiger partial charge in [0.2, 0.25) is 0 Å². The van der Waals surface area contributed by atoms with E-state index in [1.807, 2.05) is 12.1 Å². The zero-order valence-corrected chi connectivity index (χ0v) is 12.2. The SMILES string of the molecule is COc1ccc2c(c1)C(CCOS(C)(=O)=O)=C(C)C2. The Hall–Kier alpha value is -1.33. The molecule has 1 aliphatic carbocycles. The van der Waals surface area contributed by atoms with Crippen molar-refractivity contribution >= 4 is 15.7 Å². The van der Waals surface area contributed by atoms with Gasteiger partial charge in [-0.25, -0.2) is 0 Å². The fraction of sp³-hybridized carbons (Fsp3) is 0.429. The van der Waals surface area contributed by atoms with Gasteiger partial charge >= 0.3 is 0 Å². The Balaban J connectivity index is 2.16. The maximum atomic E-state index is 11.0. The summed E-state index contributed by atoms with van der Waals surface area (Å²) in [7, 11) is -1.73. The Kier molecular flexibility index (Phi) is 3.96. The molecule has 0 saturated carbocycles. The molecule has 0 radical (unpaired) electrons. The van der Waals surface area contributed by atoms with Gasteiger partial charge in [-0.1, -0.05) is 11.6 Å². The molecule has 0 N–H and O–H groups in total. The van der Waals surface area contributed by atoms with E-state index in [1.165, 1.54) is 11.1 Å². The lowest BCUT2D eigenvalue weighted by molar-refractivity contribution is 0.330. The molecule has 0 unspecified atom stereocenters. The summed E-state index contributed by atoms with van der Waals surface area (Å²) in [6.07, 6.45) is 2.58. The molecule has 2 rings (SSSR count). The molecule has 0 amide bonds. The quantitative estimate of drug-likeness (QED) is 0.778. The van der Waals surface area contributed by atoms with E-state index in [0.717, 1.165) is 29.6 Å². The van der Waals surface area contributed by atoms with E-state index in [2.05, 4.69) is 13.0 Å². The van der Waals surface area contributed by atoms with Crippen LogP contribution in [0.5, 0.6) is 5.75 Å². The van der Waals surface area contributed by atoms with Crippen LogP contribution in [0.1, 0.15) is 24.5 Å². The van der Waals surface area contributed by atoms with Crippen LogP contribution in [-0.2, 0) is 20.7 Å².